The molecule has 2 aliphatic rings. The fourth-order valence-corrected chi connectivity index (χ4v) is 6.16. The molecular weight excluding hydrogens is 684 g/mol. The van der Waals surface area contributed by atoms with Crippen LogP contribution in [0.25, 0.3) is 5.69 Å². The van der Waals surface area contributed by atoms with Gasteiger partial charge in [0.1, 0.15) is 6.10 Å². The van der Waals surface area contributed by atoms with E-state index in [1.165, 1.54) is 38.1 Å². The number of ketones is 2. The van der Waals surface area contributed by atoms with Gasteiger partial charge in [-0.3, -0.25) is 19.2 Å². The number of carbonyl (C=O) groups is 5. The number of aromatic nitrogens is 3. The van der Waals surface area contributed by atoms with Crippen molar-refractivity contribution in [3.05, 3.63) is 100 Å². The van der Waals surface area contributed by atoms with Gasteiger partial charge in [-0.2, -0.15) is 9.90 Å². The summed E-state index contributed by atoms with van der Waals surface area (Å²) < 4.78 is 16.7. The van der Waals surface area contributed by atoms with Gasteiger partial charge < -0.3 is 35.7 Å². The van der Waals surface area contributed by atoms with E-state index < -0.39 is 65.7 Å². The number of nitrogens with two attached hydrogens (primary N) is 1. The molecule has 6 atom stereocenters. The van der Waals surface area contributed by atoms with Crippen molar-refractivity contribution in [3.8, 4) is 5.69 Å². The number of carbonyl (C=O) groups excluding carboxylic acids is 5. The maximum absolute atomic E-state index is 14.0. The first kappa shape index (κ1) is 40.3. The number of methoxy groups -OCH3 is 2. The van der Waals surface area contributed by atoms with E-state index in [4.69, 9.17) is 19.9 Å². The Balaban J connectivity index is 1.74. The van der Waals surface area contributed by atoms with Gasteiger partial charge in [-0.25, -0.2) is 4.79 Å². The van der Waals surface area contributed by atoms with Gasteiger partial charge in [-0.05, 0) is 57.2 Å². The van der Waals surface area contributed by atoms with Crippen molar-refractivity contribution < 1.29 is 43.3 Å². The highest BCUT2D eigenvalue weighted by molar-refractivity contribution is 6.24. The number of nitrogens with zero attached hydrogens (tertiary/aromatic N) is 3. The normalized spacial score (nSPS) is 27.5. The van der Waals surface area contributed by atoms with E-state index in [1.54, 1.807) is 57.2 Å². The zero-order chi connectivity index (χ0) is 39.0. The van der Waals surface area contributed by atoms with Crippen molar-refractivity contribution in [3.63, 3.8) is 0 Å². The van der Waals surface area contributed by atoms with Crippen LogP contribution in [0, 0.1) is 18.8 Å². The topological polar surface area (TPSA) is 214 Å². The Morgan fingerprint density at radius 2 is 1.74 bits per heavy atom. The minimum Gasteiger partial charge on any atom is -0.439 e. The summed E-state index contributed by atoms with van der Waals surface area (Å²) in [7, 11) is 2.86. The van der Waals surface area contributed by atoms with Crippen LogP contribution in [0.5, 0.6) is 0 Å². The Labute approximate surface area is 307 Å². The summed E-state index contributed by atoms with van der Waals surface area (Å²) in [6, 6.07) is 8.95. The van der Waals surface area contributed by atoms with Crippen molar-refractivity contribution >= 4 is 29.5 Å². The van der Waals surface area contributed by atoms with Crippen molar-refractivity contribution in [2.45, 2.75) is 71.9 Å². The molecule has 0 radical (unpaired) electrons. The number of benzene rings is 1. The van der Waals surface area contributed by atoms with E-state index >= 15 is 0 Å². The Kier molecular flexibility index (Phi) is 13.5. The smallest absolute Gasteiger partial charge is 0.405 e. The van der Waals surface area contributed by atoms with Crippen LogP contribution in [0.2, 0.25) is 0 Å². The third-order valence-corrected chi connectivity index (χ3v) is 9.02. The molecule has 15 nitrogen and oxygen atoms in total. The Bertz CT molecular complexity index is 1890. The first-order chi connectivity index (χ1) is 25.1. The molecule has 2 heterocycles. The predicted octanol–water partition coefficient (Wildman–Crippen LogP) is 3.08. The fourth-order valence-electron chi connectivity index (χ4n) is 6.16. The van der Waals surface area contributed by atoms with Crippen LogP contribution < -0.4 is 16.4 Å². The summed E-state index contributed by atoms with van der Waals surface area (Å²) in [4.78, 5) is 67.7. The summed E-state index contributed by atoms with van der Waals surface area (Å²) in [5.41, 5.74) is 6.37. The summed E-state index contributed by atoms with van der Waals surface area (Å²) in [6.07, 6.45) is 2.79. The quantitative estimate of drug-likeness (QED) is 0.250. The van der Waals surface area contributed by atoms with Crippen molar-refractivity contribution in [2.24, 2.45) is 17.6 Å². The standard InChI is InChI=1S/C38H46N6O9/c1-20-16-26-32(41-37(49)31-24(5)42-44(43-31)25-13-9-8-10-14-25)28(45)19-27(34(26)47)40-36(48)21(2)12-11-15-29(51-6)35(53-38(39)50)23(4)18-22(3)33(46)30(17-20)52-7/h8-15,18-20,22,29-30,33,35,46H,16-17H2,1-7H3,(H2,39,50)(H,40,48)(H,41,49)/b15-11-,21-12+,23-18+/t20-,22+,29+,30+,33-,35+/m1/s1. The van der Waals surface area contributed by atoms with Gasteiger partial charge in [-0.15, -0.1) is 5.10 Å². The lowest BCUT2D eigenvalue weighted by atomic mass is 9.85. The third-order valence-electron chi connectivity index (χ3n) is 9.02. The predicted molar refractivity (Wildman–Crippen MR) is 193 cm³/mol. The lowest BCUT2D eigenvalue weighted by Gasteiger charge is -2.30. The van der Waals surface area contributed by atoms with Crippen LogP contribution >= 0.6 is 0 Å². The number of aryl methyl sites for hydroxylation is 1. The monoisotopic (exact) mass is 730 g/mol. The molecule has 15 heteroatoms. The molecule has 2 bridgehead atoms. The number of hydrogen-bond acceptors (Lipinski definition) is 11. The molecule has 0 spiro atoms. The summed E-state index contributed by atoms with van der Waals surface area (Å²) in [6.45, 7) is 8.39. The van der Waals surface area contributed by atoms with Crippen LogP contribution in [-0.4, -0.2) is 88.2 Å². The molecular formula is C38H46N6O9. The van der Waals surface area contributed by atoms with E-state index in [2.05, 4.69) is 20.8 Å². The summed E-state index contributed by atoms with van der Waals surface area (Å²) in [5, 5.41) is 25.2. The van der Waals surface area contributed by atoms with E-state index in [1.807, 2.05) is 13.0 Å². The first-order valence-electron chi connectivity index (χ1n) is 17.0. The van der Waals surface area contributed by atoms with Gasteiger partial charge in [0.05, 0.1) is 35.0 Å². The van der Waals surface area contributed by atoms with E-state index in [9.17, 15) is 29.1 Å². The van der Waals surface area contributed by atoms with Crippen LogP contribution in [0.1, 0.15) is 56.7 Å². The lowest BCUT2D eigenvalue weighted by molar-refractivity contribution is -0.120. The summed E-state index contributed by atoms with van der Waals surface area (Å²) in [5.74, 6) is -3.71. The van der Waals surface area contributed by atoms with Gasteiger partial charge in [-0.1, -0.05) is 56.4 Å². The molecule has 1 aromatic heterocycles. The number of nitrogens with one attached hydrogen (secondary N) is 2. The second kappa shape index (κ2) is 17.8. The number of amides is 3. The number of Topliss-reactive ketones (excluding diaryl/α,β-unsaturated/α-hetero) is 1. The number of rotatable bonds is 6. The maximum atomic E-state index is 14.0. The third kappa shape index (κ3) is 9.88. The van der Waals surface area contributed by atoms with Gasteiger partial charge in [0, 0.05) is 37.4 Å². The molecule has 0 unspecified atom stereocenters. The molecule has 3 amide bonds. The number of primary amides is 1. The number of hydrogen-bond donors (Lipinski definition) is 4. The lowest BCUT2D eigenvalue weighted by Crippen LogP contribution is -2.38. The van der Waals surface area contributed by atoms with Crippen molar-refractivity contribution in [2.75, 3.05) is 14.2 Å². The van der Waals surface area contributed by atoms with Crippen LogP contribution in [0.15, 0.2) is 88.8 Å². The largest absolute Gasteiger partial charge is 0.439 e. The zero-order valence-electron chi connectivity index (χ0n) is 30.8. The average molecular weight is 731 g/mol. The number of fused-ring (bicyclic) bond motifs is 2. The minimum atomic E-state index is -1.06. The van der Waals surface area contributed by atoms with Gasteiger partial charge in [0.15, 0.2) is 11.8 Å². The number of ether oxygens (including phenoxy) is 3. The highest BCUT2D eigenvalue weighted by Crippen LogP contribution is 2.29. The maximum Gasteiger partial charge on any atom is 0.405 e. The van der Waals surface area contributed by atoms with Crippen LogP contribution in [0.3, 0.4) is 0 Å². The minimum absolute atomic E-state index is 0.0273. The van der Waals surface area contributed by atoms with Crippen LogP contribution in [0.4, 0.5) is 4.79 Å². The molecule has 0 fully saturated rings. The molecule has 0 saturated carbocycles. The molecule has 53 heavy (non-hydrogen) atoms. The van der Waals surface area contributed by atoms with Crippen molar-refractivity contribution in [1.82, 2.24) is 25.6 Å². The molecule has 1 aliphatic heterocycles. The number of para-hydroxylation sites is 1. The number of aliphatic hydroxyl groups excluding tert-OH is 1. The Hall–Kier alpha value is -5.51. The fraction of sp³-hybridized carbons (Fsp3) is 0.395. The Morgan fingerprint density at radius 1 is 1.04 bits per heavy atom. The number of allylic oxidation sites excluding steroid dienone is 4. The second-order valence-electron chi connectivity index (χ2n) is 13.1. The van der Waals surface area contributed by atoms with Crippen molar-refractivity contribution in [1.29, 1.82) is 0 Å². The average Bonchev–Trinajstić information content (AvgIpc) is 3.52. The van der Waals surface area contributed by atoms with E-state index in [0.717, 1.165) is 6.08 Å². The molecule has 282 valence electrons. The first-order valence-corrected chi connectivity index (χ1v) is 17.0. The molecule has 1 aliphatic carbocycles. The molecule has 4 rings (SSSR count). The van der Waals surface area contributed by atoms with Gasteiger partial charge >= 0.3 is 6.09 Å². The molecule has 0 saturated heterocycles. The molecule has 2 aromatic rings. The highest BCUT2D eigenvalue weighted by Gasteiger charge is 2.35. The zero-order valence-corrected chi connectivity index (χ0v) is 30.8. The second-order valence-corrected chi connectivity index (χ2v) is 13.1. The Morgan fingerprint density at radius 3 is 2.38 bits per heavy atom. The summed E-state index contributed by atoms with van der Waals surface area (Å²) >= 11 is 0. The molecule has 5 N–H and O–H groups in total. The number of aliphatic hydroxyl groups is 1. The SMILES string of the molecule is CO[C@H]1/C=C\C=C(/C)C(=O)NC2=CC(=O)C(NC(=O)c3nn(-c4ccccc4)nc3C)=C(C[C@@H](C)C[C@H](OC)[C@H](O)[C@@H](C)/C=C(\C)[C@@H]1OC(N)=O)C2=O. The van der Waals surface area contributed by atoms with E-state index in [0.29, 0.717) is 17.0 Å². The van der Waals surface area contributed by atoms with Gasteiger partial charge in [0.25, 0.3) is 11.8 Å². The van der Waals surface area contributed by atoms with Crippen LogP contribution in [-0.2, 0) is 28.6 Å². The van der Waals surface area contributed by atoms with Gasteiger partial charge in [0.2, 0.25) is 11.6 Å². The van der Waals surface area contributed by atoms with E-state index in [-0.39, 0.29) is 41.1 Å². The highest BCUT2D eigenvalue weighted by atomic mass is 16.6. The molecule has 1 aromatic carbocycles.